The Hall–Kier alpha value is -2.07. The maximum Gasteiger partial charge on any atom is 0.170 e. The highest BCUT2D eigenvalue weighted by molar-refractivity contribution is 7.99. The summed E-state index contributed by atoms with van der Waals surface area (Å²) in [5.74, 6) is 2.22. The van der Waals surface area contributed by atoms with Crippen LogP contribution in [0, 0.1) is 0 Å². The predicted octanol–water partition coefficient (Wildman–Crippen LogP) is 3.25. The van der Waals surface area contributed by atoms with Crippen LogP contribution in [0.4, 0.5) is 0 Å². The van der Waals surface area contributed by atoms with E-state index in [-0.39, 0.29) is 0 Å². The molecule has 1 saturated heterocycles. The average molecular weight is 322 g/mol. The first-order chi connectivity index (χ1) is 11.4. The lowest BCUT2D eigenvalue weighted by molar-refractivity contribution is -0.102. The third kappa shape index (κ3) is 2.57. The fourth-order valence-electron chi connectivity index (χ4n) is 3.40. The molecule has 0 radical (unpaired) electrons. The van der Waals surface area contributed by atoms with E-state index in [4.69, 9.17) is 0 Å². The van der Waals surface area contributed by atoms with Crippen LogP contribution in [0.3, 0.4) is 0 Å². The molecule has 4 heteroatoms. The van der Waals surface area contributed by atoms with Crippen molar-refractivity contribution < 1.29 is 4.79 Å². The quantitative estimate of drug-likeness (QED) is 0.813. The molecular formula is C19H18N2OS. The molecule has 4 rings (SSSR count). The molecule has 2 heterocycles. The topological polar surface area (TPSA) is 32.7 Å². The van der Waals surface area contributed by atoms with Crippen LogP contribution in [-0.2, 0) is 4.79 Å². The molecule has 0 atom stereocenters. The van der Waals surface area contributed by atoms with Crippen LogP contribution in [-0.4, -0.2) is 48.0 Å². The fourth-order valence-corrected chi connectivity index (χ4v) is 4.31. The number of hydrogen-bond acceptors (Lipinski definition) is 4. The first-order valence-corrected chi connectivity index (χ1v) is 9.08. The summed E-state index contributed by atoms with van der Waals surface area (Å²) < 4.78 is 0. The number of thioether (sulfide) groups is 1. The van der Waals surface area contributed by atoms with Crippen molar-refractivity contribution in [2.75, 3.05) is 31.1 Å². The highest BCUT2D eigenvalue weighted by Gasteiger charge is 2.27. The van der Waals surface area contributed by atoms with Gasteiger partial charge in [-0.1, -0.05) is 42.5 Å². The van der Waals surface area contributed by atoms with Crippen LogP contribution in [0.2, 0.25) is 0 Å². The zero-order valence-corrected chi connectivity index (χ0v) is 13.7. The lowest BCUT2D eigenvalue weighted by Gasteiger charge is -2.30. The average Bonchev–Trinajstić information content (AvgIpc) is 3.06. The molecule has 2 aliphatic rings. The number of aliphatic imine (C=N–C) groups is 1. The van der Waals surface area contributed by atoms with Gasteiger partial charge in [-0.3, -0.25) is 9.79 Å². The Morgan fingerprint density at radius 3 is 2.65 bits per heavy atom. The third-order valence-electron chi connectivity index (χ3n) is 4.49. The minimum absolute atomic E-state index is 0.598. The van der Waals surface area contributed by atoms with Crippen LogP contribution in [0.25, 0.3) is 16.3 Å². The van der Waals surface area contributed by atoms with E-state index < -0.39 is 0 Å². The number of rotatable bonds is 3. The monoisotopic (exact) mass is 322 g/mol. The second-order valence-corrected chi connectivity index (χ2v) is 7.00. The number of fused-ring (bicyclic) bond motifs is 1. The summed E-state index contributed by atoms with van der Waals surface area (Å²) in [4.78, 5) is 18.3. The Morgan fingerprint density at radius 1 is 1.04 bits per heavy atom. The first kappa shape index (κ1) is 14.5. The van der Waals surface area contributed by atoms with Gasteiger partial charge in [0.1, 0.15) is 5.71 Å². The van der Waals surface area contributed by atoms with Gasteiger partial charge in [0.05, 0.1) is 12.2 Å². The molecule has 0 spiro atoms. The van der Waals surface area contributed by atoms with Crippen LogP contribution < -0.4 is 0 Å². The maximum absolute atomic E-state index is 11.5. The zero-order valence-electron chi connectivity index (χ0n) is 12.9. The molecule has 1 fully saturated rings. The summed E-state index contributed by atoms with van der Waals surface area (Å²) in [5.41, 5.74) is 4.06. The Bertz CT molecular complexity index is 814. The van der Waals surface area contributed by atoms with E-state index in [1.807, 2.05) is 11.8 Å². The molecule has 0 saturated carbocycles. The van der Waals surface area contributed by atoms with Gasteiger partial charge >= 0.3 is 0 Å². The van der Waals surface area contributed by atoms with Crippen molar-refractivity contribution in [3.8, 4) is 0 Å². The highest BCUT2D eigenvalue weighted by Crippen LogP contribution is 2.33. The van der Waals surface area contributed by atoms with E-state index in [0.717, 1.165) is 36.6 Å². The molecule has 0 unspecified atom stereocenters. The number of aldehydes is 1. The smallest absolute Gasteiger partial charge is 0.170 e. The van der Waals surface area contributed by atoms with Crippen molar-refractivity contribution >= 4 is 40.1 Å². The van der Waals surface area contributed by atoms with E-state index in [2.05, 4.69) is 52.4 Å². The third-order valence-corrected chi connectivity index (χ3v) is 5.43. The summed E-state index contributed by atoms with van der Waals surface area (Å²) in [6, 6.07) is 14.8. The second kappa shape index (κ2) is 6.20. The Morgan fingerprint density at radius 2 is 1.83 bits per heavy atom. The van der Waals surface area contributed by atoms with E-state index in [0.29, 0.717) is 12.3 Å². The van der Waals surface area contributed by atoms with Gasteiger partial charge in [-0.05, 0) is 16.3 Å². The lowest BCUT2D eigenvalue weighted by Crippen LogP contribution is -2.35. The van der Waals surface area contributed by atoms with Crippen molar-refractivity contribution in [2.24, 2.45) is 4.99 Å². The number of carbonyl (C=O) groups excluding carboxylic acids is 1. The van der Waals surface area contributed by atoms with Crippen LogP contribution >= 0.6 is 11.8 Å². The summed E-state index contributed by atoms with van der Waals surface area (Å²) in [6.45, 7) is 2.57. The molecular weight excluding hydrogens is 304 g/mol. The largest absolute Gasteiger partial charge is 0.368 e. The Labute approximate surface area is 140 Å². The van der Waals surface area contributed by atoms with Crippen molar-refractivity contribution in [3.05, 3.63) is 53.7 Å². The van der Waals surface area contributed by atoms with Crippen molar-refractivity contribution in [2.45, 2.75) is 0 Å². The lowest BCUT2D eigenvalue weighted by atomic mass is 9.96. The molecule has 0 aromatic heterocycles. The summed E-state index contributed by atoms with van der Waals surface area (Å²) in [5, 5.41) is 2.46. The molecule has 116 valence electrons. The SMILES string of the molecule is O=CC1=NCC(c2cccc3ccccc23)=C1N1CCSCC1. The number of nitrogens with zero attached hydrogens (tertiary/aromatic N) is 2. The summed E-state index contributed by atoms with van der Waals surface area (Å²) in [6.07, 6.45) is 0.912. The molecule has 2 aromatic rings. The number of allylic oxidation sites excluding steroid dienone is 1. The molecule has 0 bridgehead atoms. The van der Waals surface area contributed by atoms with Crippen molar-refractivity contribution in [1.29, 1.82) is 0 Å². The van der Waals surface area contributed by atoms with Gasteiger partial charge in [-0.2, -0.15) is 11.8 Å². The van der Waals surface area contributed by atoms with Gasteiger partial charge in [0.25, 0.3) is 0 Å². The van der Waals surface area contributed by atoms with E-state index >= 15 is 0 Å². The van der Waals surface area contributed by atoms with Gasteiger partial charge in [0, 0.05) is 30.2 Å². The Balaban J connectivity index is 1.88. The minimum Gasteiger partial charge on any atom is -0.368 e. The standard InChI is InChI=1S/C19H18N2OS/c22-13-18-19(21-8-10-23-11-9-21)17(12-20-18)16-7-3-5-14-4-1-2-6-15(14)16/h1-7,13H,8-12H2. The van der Waals surface area contributed by atoms with Gasteiger partial charge in [0.15, 0.2) is 6.29 Å². The van der Waals surface area contributed by atoms with Crippen LogP contribution in [0.5, 0.6) is 0 Å². The van der Waals surface area contributed by atoms with Gasteiger partial charge in [0.2, 0.25) is 0 Å². The normalized spacial score (nSPS) is 18.4. The molecule has 23 heavy (non-hydrogen) atoms. The molecule has 0 N–H and O–H groups in total. The van der Waals surface area contributed by atoms with E-state index in [1.165, 1.54) is 21.9 Å². The number of carbonyl (C=O) groups is 1. The van der Waals surface area contributed by atoms with Gasteiger partial charge < -0.3 is 4.90 Å². The van der Waals surface area contributed by atoms with E-state index in [9.17, 15) is 4.79 Å². The zero-order chi connectivity index (χ0) is 15.6. The highest BCUT2D eigenvalue weighted by atomic mass is 32.2. The Kier molecular flexibility index (Phi) is 3.92. The minimum atomic E-state index is 0.598. The maximum atomic E-state index is 11.5. The van der Waals surface area contributed by atoms with E-state index in [1.54, 1.807) is 0 Å². The number of benzene rings is 2. The number of hydrogen-bond donors (Lipinski definition) is 0. The summed E-state index contributed by atoms with van der Waals surface area (Å²) in [7, 11) is 0. The molecule has 2 aromatic carbocycles. The first-order valence-electron chi connectivity index (χ1n) is 7.92. The molecule has 0 aliphatic carbocycles. The van der Waals surface area contributed by atoms with Crippen LogP contribution in [0.1, 0.15) is 5.56 Å². The predicted molar refractivity (Wildman–Crippen MR) is 98.1 cm³/mol. The van der Waals surface area contributed by atoms with Gasteiger partial charge in [-0.15, -0.1) is 0 Å². The summed E-state index contributed by atoms with van der Waals surface area (Å²) >= 11 is 1.97. The van der Waals surface area contributed by atoms with Crippen molar-refractivity contribution in [1.82, 2.24) is 4.90 Å². The second-order valence-electron chi connectivity index (χ2n) is 5.77. The van der Waals surface area contributed by atoms with Crippen molar-refractivity contribution in [3.63, 3.8) is 0 Å². The molecule has 2 aliphatic heterocycles. The van der Waals surface area contributed by atoms with Crippen LogP contribution in [0.15, 0.2) is 53.2 Å². The fraction of sp³-hybridized carbons (Fsp3) is 0.263. The van der Waals surface area contributed by atoms with Gasteiger partial charge in [-0.25, -0.2) is 0 Å². The molecule has 0 amide bonds. The molecule has 3 nitrogen and oxygen atoms in total.